The lowest BCUT2D eigenvalue weighted by Gasteiger charge is -2.10. The van der Waals surface area contributed by atoms with Gasteiger partial charge in [-0.05, 0) is 42.3 Å². The number of carbonyl (C=O) groups is 1. The fraction of sp³-hybridized carbons (Fsp3) is 0.235. The summed E-state index contributed by atoms with van der Waals surface area (Å²) in [4.78, 5) is 12.1. The minimum atomic E-state index is -0.300. The molecule has 116 valence electrons. The smallest absolute Gasteiger partial charge is 0.251 e. The average molecular weight is 302 g/mol. The number of ether oxygens (including phenoxy) is 1. The summed E-state index contributed by atoms with van der Waals surface area (Å²) >= 11 is 0. The largest absolute Gasteiger partial charge is 0.491 e. The molecule has 22 heavy (non-hydrogen) atoms. The Balaban J connectivity index is 1.97. The molecule has 0 aromatic heterocycles. The second-order valence-electron chi connectivity index (χ2n) is 4.91. The maximum Gasteiger partial charge on any atom is 0.251 e. The molecule has 0 atom stereocenters. The van der Waals surface area contributed by atoms with Gasteiger partial charge < -0.3 is 15.8 Å². The Kier molecular flexibility index (Phi) is 5.36. The number of amides is 1. The zero-order chi connectivity index (χ0) is 15.9. The molecular weight excluding hydrogens is 283 g/mol. The van der Waals surface area contributed by atoms with Crippen molar-refractivity contribution in [1.82, 2.24) is 5.32 Å². The van der Waals surface area contributed by atoms with E-state index in [4.69, 9.17) is 10.5 Å². The van der Waals surface area contributed by atoms with E-state index in [1.807, 2.05) is 6.92 Å². The number of hydrogen-bond donors (Lipinski definition) is 2. The number of halogens is 1. The van der Waals surface area contributed by atoms with Crippen LogP contribution in [0, 0.1) is 5.82 Å². The SMILES string of the molecule is CCCOc1ccc(C(=O)NCc2ccc(F)cc2)cc1N. The fourth-order valence-corrected chi connectivity index (χ4v) is 1.92. The van der Waals surface area contributed by atoms with E-state index in [9.17, 15) is 9.18 Å². The summed E-state index contributed by atoms with van der Waals surface area (Å²) in [6.07, 6.45) is 0.888. The Morgan fingerprint density at radius 1 is 1.23 bits per heavy atom. The van der Waals surface area contributed by atoms with E-state index in [0.29, 0.717) is 30.2 Å². The first-order chi connectivity index (χ1) is 10.6. The number of hydrogen-bond acceptors (Lipinski definition) is 3. The number of nitrogens with two attached hydrogens (primary N) is 1. The molecule has 0 fully saturated rings. The van der Waals surface area contributed by atoms with Gasteiger partial charge in [-0.25, -0.2) is 4.39 Å². The Bertz CT molecular complexity index is 642. The number of rotatable bonds is 6. The highest BCUT2D eigenvalue weighted by Gasteiger charge is 2.08. The predicted molar refractivity (Wildman–Crippen MR) is 84.2 cm³/mol. The quantitative estimate of drug-likeness (QED) is 0.806. The van der Waals surface area contributed by atoms with Gasteiger partial charge in [0.2, 0.25) is 0 Å². The van der Waals surface area contributed by atoms with Crippen LogP contribution in [0.15, 0.2) is 42.5 Å². The van der Waals surface area contributed by atoms with Crippen LogP contribution in [0.25, 0.3) is 0 Å². The van der Waals surface area contributed by atoms with Crippen molar-refractivity contribution in [2.24, 2.45) is 0 Å². The van der Waals surface area contributed by atoms with E-state index in [1.54, 1.807) is 30.3 Å². The molecule has 0 saturated carbocycles. The van der Waals surface area contributed by atoms with Gasteiger partial charge in [-0.3, -0.25) is 4.79 Å². The van der Waals surface area contributed by atoms with Crippen LogP contribution in [0.4, 0.5) is 10.1 Å². The Labute approximate surface area is 129 Å². The van der Waals surface area contributed by atoms with Crippen LogP contribution in [0.5, 0.6) is 5.75 Å². The lowest BCUT2D eigenvalue weighted by atomic mass is 10.1. The summed E-state index contributed by atoms with van der Waals surface area (Å²) in [5.41, 5.74) is 7.60. The average Bonchev–Trinajstić information content (AvgIpc) is 2.53. The van der Waals surface area contributed by atoms with Crippen LogP contribution in [0.3, 0.4) is 0 Å². The normalized spacial score (nSPS) is 10.3. The van der Waals surface area contributed by atoms with Gasteiger partial charge in [0.1, 0.15) is 11.6 Å². The highest BCUT2D eigenvalue weighted by molar-refractivity contribution is 5.95. The first-order valence-corrected chi connectivity index (χ1v) is 7.15. The summed E-state index contributed by atoms with van der Waals surface area (Å²) in [5.74, 6) is 0.0421. The fourth-order valence-electron chi connectivity index (χ4n) is 1.92. The Morgan fingerprint density at radius 3 is 2.59 bits per heavy atom. The second kappa shape index (κ2) is 7.45. The minimum Gasteiger partial charge on any atom is -0.491 e. The van der Waals surface area contributed by atoms with Gasteiger partial charge >= 0.3 is 0 Å². The highest BCUT2D eigenvalue weighted by Crippen LogP contribution is 2.22. The van der Waals surface area contributed by atoms with Gasteiger partial charge in [-0.15, -0.1) is 0 Å². The van der Waals surface area contributed by atoms with Crippen molar-refractivity contribution < 1.29 is 13.9 Å². The molecule has 0 unspecified atom stereocenters. The van der Waals surface area contributed by atoms with Crippen molar-refractivity contribution >= 4 is 11.6 Å². The van der Waals surface area contributed by atoms with Gasteiger partial charge in [0.25, 0.3) is 5.91 Å². The van der Waals surface area contributed by atoms with Gasteiger partial charge in [-0.2, -0.15) is 0 Å². The van der Waals surface area contributed by atoms with Crippen molar-refractivity contribution in [3.8, 4) is 5.75 Å². The molecule has 0 spiro atoms. The molecule has 5 heteroatoms. The summed E-state index contributed by atoms with van der Waals surface area (Å²) in [5, 5.41) is 2.77. The van der Waals surface area contributed by atoms with E-state index in [-0.39, 0.29) is 11.7 Å². The maximum absolute atomic E-state index is 12.8. The highest BCUT2D eigenvalue weighted by atomic mass is 19.1. The molecule has 3 N–H and O–H groups in total. The molecule has 0 saturated heterocycles. The Morgan fingerprint density at radius 2 is 1.95 bits per heavy atom. The van der Waals surface area contributed by atoms with Crippen LogP contribution in [0.2, 0.25) is 0 Å². The topological polar surface area (TPSA) is 64.3 Å². The molecule has 0 aliphatic carbocycles. The molecule has 2 aromatic carbocycles. The third-order valence-corrected chi connectivity index (χ3v) is 3.10. The first kappa shape index (κ1) is 15.8. The van der Waals surface area contributed by atoms with Gasteiger partial charge in [-0.1, -0.05) is 19.1 Å². The van der Waals surface area contributed by atoms with Crippen LogP contribution in [-0.4, -0.2) is 12.5 Å². The standard InChI is InChI=1S/C17H19FN2O2/c1-2-9-22-16-8-5-13(10-15(16)19)17(21)20-11-12-3-6-14(18)7-4-12/h3-8,10H,2,9,11,19H2,1H3,(H,20,21). The lowest BCUT2D eigenvalue weighted by Crippen LogP contribution is -2.22. The summed E-state index contributed by atoms with van der Waals surface area (Å²) < 4.78 is 18.3. The van der Waals surface area contributed by atoms with Gasteiger partial charge in [0, 0.05) is 12.1 Å². The first-order valence-electron chi connectivity index (χ1n) is 7.15. The van der Waals surface area contributed by atoms with Crippen LogP contribution in [-0.2, 0) is 6.54 Å². The van der Waals surface area contributed by atoms with Crippen LogP contribution in [0.1, 0.15) is 29.3 Å². The molecule has 1 amide bonds. The Hall–Kier alpha value is -2.56. The van der Waals surface area contributed by atoms with Crippen molar-refractivity contribution in [3.05, 3.63) is 59.4 Å². The molecule has 2 aromatic rings. The van der Waals surface area contributed by atoms with E-state index in [2.05, 4.69) is 5.32 Å². The zero-order valence-electron chi connectivity index (χ0n) is 12.4. The van der Waals surface area contributed by atoms with Gasteiger partial charge in [0.05, 0.1) is 12.3 Å². The van der Waals surface area contributed by atoms with E-state index >= 15 is 0 Å². The second-order valence-corrected chi connectivity index (χ2v) is 4.91. The number of nitrogen functional groups attached to an aromatic ring is 1. The molecule has 0 aliphatic heterocycles. The molecular formula is C17H19FN2O2. The predicted octanol–water partition coefficient (Wildman–Crippen LogP) is 3.13. The zero-order valence-corrected chi connectivity index (χ0v) is 12.4. The van der Waals surface area contributed by atoms with Crippen molar-refractivity contribution in [2.75, 3.05) is 12.3 Å². The van der Waals surface area contributed by atoms with Crippen molar-refractivity contribution in [1.29, 1.82) is 0 Å². The summed E-state index contributed by atoms with van der Waals surface area (Å²) in [6.45, 7) is 2.92. The summed E-state index contributed by atoms with van der Waals surface area (Å²) in [7, 11) is 0. The van der Waals surface area contributed by atoms with E-state index < -0.39 is 0 Å². The third kappa shape index (κ3) is 4.22. The monoisotopic (exact) mass is 302 g/mol. The third-order valence-electron chi connectivity index (χ3n) is 3.10. The lowest BCUT2D eigenvalue weighted by molar-refractivity contribution is 0.0951. The van der Waals surface area contributed by atoms with Crippen LogP contribution >= 0.6 is 0 Å². The number of carbonyl (C=O) groups excluding carboxylic acids is 1. The number of benzene rings is 2. The molecule has 0 heterocycles. The van der Waals surface area contributed by atoms with Crippen molar-refractivity contribution in [2.45, 2.75) is 19.9 Å². The summed E-state index contributed by atoms with van der Waals surface area (Å²) in [6, 6.07) is 10.9. The molecule has 4 nitrogen and oxygen atoms in total. The van der Waals surface area contributed by atoms with E-state index in [1.165, 1.54) is 12.1 Å². The number of anilines is 1. The maximum atomic E-state index is 12.8. The molecule has 2 rings (SSSR count). The molecule has 0 bridgehead atoms. The van der Waals surface area contributed by atoms with Crippen molar-refractivity contribution in [3.63, 3.8) is 0 Å². The minimum absolute atomic E-state index is 0.238. The number of nitrogens with one attached hydrogen (secondary N) is 1. The van der Waals surface area contributed by atoms with Crippen LogP contribution < -0.4 is 15.8 Å². The molecule has 0 aliphatic rings. The molecule has 0 radical (unpaired) electrons. The van der Waals surface area contributed by atoms with E-state index in [0.717, 1.165) is 12.0 Å². The van der Waals surface area contributed by atoms with Gasteiger partial charge in [0.15, 0.2) is 0 Å².